The zero-order chi connectivity index (χ0) is 13.9. The van der Waals surface area contributed by atoms with Gasteiger partial charge in [-0.3, -0.25) is 4.90 Å². The predicted octanol–water partition coefficient (Wildman–Crippen LogP) is 2.10. The standard InChI is InChI=1S/C17H27N3/c1-19-10-5-8-15-13-20(11-9-16(15)19)17(12-18)14-6-3-2-4-7-14/h2-4,6-7,15-17H,5,8-13,18H2,1H3. The molecule has 110 valence electrons. The molecule has 2 aliphatic heterocycles. The fourth-order valence-electron chi connectivity index (χ4n) is 4.13. The first-order valence-electron chi connectivity index (χ1n) is 7.99. The van der Waals surface area contributed by atoms with Gasteiger partial charge in [-0.15, -0.1) is 0 Å². The van der Waals surface area contributed by atoms with Crippen LogP contribution in [0.3, 0.4) is 0 Å². The van der Waals surface area contributed by atoms with Crippen LogP contribution in [0.2, 0.25) is 0 Å². The summed E-state index contributed by atoms with van der Waals surface area (Å²) in [5.41, 5.74) is 7.45. The fraction of sp³-hybridized carbons (Fsp3) is 0.647. The Kier molecular flexibility index (Phi) is 4.39. The number of hydrogen-bond acceptors (Lipinski definition) is 3. The van der Waals surface area contributed by atoms with Crippen molar-refractivity contribution >= 4 is 0 Å². The third kappa shape index (κ3) is 2.76. The van der Waals surface area contributed by atoms with E-state index >= 15 is 0 Å². The predicted molar refractivity (Wildman–Crippen MR) is 83.6 cm³/mol. The van der Waals surface area contributed by atoms with Crippen LogP contribution in [0.4, 0.5) is 0 Å². The Morgan fingerprint density at radius 3 is 2.75 bits per heavy atom. The summed E-state index contributed by atoms with van der Waals surface area (Å²) < 4.78 is 0. The first kappa shape index (κ1) is 14.1. The Hall–Kier alpha value is -0.900. The summed E-state index contributed by atoms with van der Waals surface area (Å²) in [6.45, 7) is 4.39. The number of nitrogens with zero attached hydrogens (tertiary/aromatic N) is 2. The van der Waals surface area contributed by atoms with Crippen molar-refractivity contribution in [2.75, 3.05) is 33.2 Å². The van der Waals surface area contributed by atoms with Gasteiger partial charge < -0.3 is 10.6 Å². The van der Waals surface area contributed by atoms with Crippen LogP contribution >= 0.6 is 0 Å². The van der Waals surface area contributed by atoms with E-state index < -0.39 is 0 Å². The van der Waals surface area contributed by atoms with E-state index in [4.69, 9.17) is 5.73 Å². The second-order valence-corrected chi connectivity index (χ2v) is 6.40. The molecule has 0 bridgehead atoms. The molecule has 2 heterocycles. The van der Waals surface area contributed by atoms with Gasteiger partial charge in [0.2, 0.25) is 0 Å². The molecule has 2 saturated heterocycles. The number of fused-ring (bicyclic) bond motifs is 1. The van der Waals surface area contributed by atoms with E-state index in [2.05, 4.69) is 47.2 Å². The molecule has 0 spiro atoms. The average molecular weight is 273 g/mol. The van der Waals surface area contributed by atoms with Gasteiger partial charge in [0, 0.05) is 31.7 Å². The van der Waals surface area contributed by atoms with Gasteiger partial charge in [-0.05, 0) is 44.3 Å². The summed E-state index contributed by atoms with van der Waals surface area (Å²) in [4.78, 5) is 5.20. The Bertz CT molecular complexity index is 420. The van der Waals surface area contributed by atoms with Gasteiger partial charge >= 0.3 is 0 Å². The number of likely N-dealkylation sites (tertiary alicyclic amines) is 2. The zero-order valence-electron chi connectivity index (χ0n) is 12.5. The summed E-state index contributed by atoms with van der Waals surface area (Å²) in [6.07, 6.45) is 4.03. The molecule has 1 aromatic rings. The monoisotopic (exact) mass is 273 g/mol. The van der Waals surface area contributed by atoms with E-state index in [1.165, 1.54) is 44.5 Å². The molecule has 3 rings (SSSR count). The van der Waals surface area contributed by atoms with E-state index in [0.717, 1.165) is 18.5 Å². The minimum Gasteiger partial charge on any atom is -0.329 e. The molecule has 2 N–H and O–H groups in total. The Morgan fingerprint density at radius 1 is 1.20 bits per heavy atom. The van der Waals surface area contributed by atoms with Crippen molar-refractivity contribution in [3.05, 3.63) is 35.9 Å². The van der Waals surface area contributed by atoms with Gasteiger partial charge in [-0.25, -0.2) is 0 Å². The lowest BCUT2D eigenvalue weighted by atomic mass is 9.83. The molecule has 0 aliphatic carbocycles. The zero-order valence-corrected chi connectivity index (χ0v) is 12.5. The highest BCUT2D eigenvalue weighted by molar-refractivity contribution is 5.19. The van der Waals surface area contributed by atoms with Crippen LogP contribution in [0.15, 0.2) is 30.3 Å². The van der Waals surface area contributed by atoms with Crippen molar-refractivity contribution in [1.29, 1.82) is 0 Å². The first-order chi connectivity index (χ1) is 9.79. The number of nitrogens with two attached hydrogens (primary N) is 1. The van der Waals surface area contributed by atoms with Gasteiger partial charge in [-0.2, -0.15) is 0 Å². The van der Waals surface area contributed by atoms with Gasteiger partial charge in [0.25, 0.3) is 0 Å². The minimum atomic E-state index is 0.393. The van der Waals surface area contributed by atoms with Crippen LogP contribution in [0, 0.1) is 5.92 Å². The summed E-state index contributed by atoms with van der Waals surface area (Å²) in [6, 6.07) is 12.0. The van der Waals surface area contributed by atoms with Crippen LogP contribution < -0.4 is 5.73 Å². The molecule has 3 atom stereocenters. The molecule has 0 saturated carbocycles. The third-order valence-electron chi connectivity index (χ3n) is 5.23. The van der Waals surface area contributed by atoms with Gasteiger partial charge in [-0.1, -0.05) is 30.3 Å². The molecule has 0 amide bonds. The Labute approximate surface area is 122 Å². The lowest BCUT2D eigenvalue weighted by Crippen LogP contribution is -2.53. The Balaban J connectivity index is 1.71. The van der Waals surface area contributed by atoms with Crippen molar-refractivity contribution in [2.45, 2.75) is 31.3 Å². The summed E-state index contributed by atoms with van der Waals surface area (Å²) in [5, 5.41) is 0. The molecule has 0 radical (unpaired) electrons. The van der Waals surface area contributed by atoms with Crippen molar-refractivity contribution < 1.29 is 0 Å². The van der Waals surface area contributed by atoms with Crippen molar-refractivity contribution in [1.82, 2.24) is 9.80 Å². The van der Waals surface area contributed by atoms with Crippen LogP contribution in [-0.2, 0) is 0 Å². The maximum absolute atomic E-state index is 6.08. The van der Waals surface area contributed by atoms with Crippen LogP contribution in [-0.4, -0.2) is 49.1 Å². The summed E-state index contributed by atoms with van der Waals surface area (Å²) in [5.74, 6) is 0.834. The van der Waals surface area contributed by atoms with Crippen LogP contribution in [0.25, 0.3) is 0 Å². The second-order valence-electron chi connectivity index (χ2n) is 6.40. The molecule has 20 heavy (non-hydrogen) atoms. The first-order valence-corrected chi connectivity index (χ1v) is 7.99. The third-order valence-corrected chi connectivity index (χ3v) is 5.23. The normalized spacial score (nSPS) is 29.9. The van der Waals surface area contributed by atoms with E-state index in [1.807, 2.05) is 0 Å². The molecule has 2 aliphatic rings. The maximum Gasteiger partial charge on any atom is 0.0470 e. The molecule has 1 aromatic carbocycles. The molecule has 3 unspecified atom stereocenters. The highest BCUT2D eigenvalue weighted by atomic mass is 15.2. The highest BCUT2D eigenvalue weighted by Crippen LogP contribution is 2.33. The molecular weight excluding hydrogens is 246 g/mol. The number of rotatable bonds is 3. The SMILES string of the molecule is CN1CCCC2CN(C(CN)c3ccccc3)CCC21. The molecule has 3 nitrogen and oxygen atoms in total. The fourth-order valence-corrected chi connectivity index (χ4v) is 4.13. The molecule has 2 fully saturated rings. The van der Waals surface area contributed by atoms with Crippen LogP contribution in [0.1, 0.15) is 30.9 Å². The molecular formula is C17H27N3. The lowest BCUT2D eigenvalue weighted by molar-refractivity contribution is 0.0211. The topological polar surface area (TPSA) is 32.5 Å². The number of hydrogen-bond donors (Lipinski definition) is 1. The van der Waals surface area contributed by atoms with Crippen molar-refractivity contribution in [2.24, 2.45) is 11.7 Å². The van der Waals surface area contributed by atoms with Crippen molar-refractivity contribution in [3.63, 3.8) is 0 Å². The smallest absolute Gasteiger partial charge is 0.0470 e. The minimum absolute atomic E-state index is 0.393. The molecule has 3 heteroatoms. The maximum atomic E-state index is 6.08. The quantitative estimate of drug-likeness (QED) is 0.915. The van der Waals surface area contributed by atoms with E-state index in [-0.39, 0.29) is 0 Å². The number of benzene rings is 1. The molecule has 0 aromatic heterocycles. The summed E-state index contributed by atoms with van der Waals surface area (Å²) >= 11 is 0. The van der Waals surface area contributed by atoms with E-state index in [0.29, 0.717) is 6.04 Å². The van der Waals surface area contributed by atoms with Gasteiger partial charge in [0.1, 0.15) is 0 Å². The summed E-state index contributed by atoms with van der Waals surface area (Å²) in [7, 11) is 2.30. The lowest BCUT2D eigenvalue weighted by Gasteiger charge is -2.48. The number of piperidine rings is 2. The van der Waals surface area contributed by atoms with Crippen molar-refractivity contribution in [3.8, 4) is 0 Å². The average Bonchev–Trinajstić information content (AvgIpc) is 2.49. The van der Waals surface area contributed by atoms with E-state index in [1.54, 1.807) is 0 Å². The van der Waals surface area contributed by atoms with E-state index in [9.17, 15) is 0 Å². The largest absolute Gasteiger partial charge is 0.329 e. The second kappa shape index (κ2) is 6.25. The van der Waals surface area contributed by atoms with Crippen LogP contribution in [0.5, 0.6) is 0 Å². The van der Waals surface area contributed by atoms with Gasteiger partial charge in [0.15, 0.2) is 0 Å². The Morgan fingerprint density at radius 2 is 2.00 bits per heavy atom. The highest BCUT2D eigenvalue weighted by Gasteiger charge is 2.36. The van der Waals surface area contributed by atoms with Gasteiger partial charge in [0.05, 0.1) is 0 Å².